The Balaban J connectivity index is 1.50. The van der Waals surface area contributed by atoms with Crippen molar-refractivity contribution in [1.82, 2.24) is 0 Å². The lowest BCUT2D eigenvalue weighted by molar-refractivity contribution is 0.103. The van der Waals surface area contributed by atoms with Crippen molar-refractivity contribution < 1.29 is 13.5 Å². The SMILES string of the molecule is [C-]#[N+]C1(CCCCCCC)CCC(c2ccc(-c3ccc(OCC(F)C(F)CCC)cc3)cc2)CC1. The highest BCUT2D eigenvalue weighted by Crippen LogP contribution is 2.43. The van der Waals surface area contributed by atoms with Gasteiger partial charge in [0.2, 0.25) is 5.54 Å². The first-order valence-electron chi connectivity index (χ1n) is 14.0. The summed E-state index contributed by atoms with van der Waals surface area (Å²) in [6, 6.07) is 16.3. The van der Waals surface area contributed by atoms with Gasteiger partial charge in [0.05, 0.1) is 0 Å². The Morgan fingerprint density at radius 2 is 1.47 bits per heavy atom. The molecule has 0 heterocycles. The van der Waals surface area contributed by atoms with Crippen molar-refractivity contribution in [3.63, 3.8) is 0 Å². The molecule has 36 heavy (non-hydrogen) atoms. The second kappa shape index (κ2) is 14.4. The third kappa shape index (κ3) is 8.05. The zero-order valence-electron chi connectivity index (χ0n) is 22.2. The van der Waals surface area contributed by atoms with Gasteiger partial charge in [-0.3, -0.25) is 0 Å². The van der Waals surface area contributed by atoms with Crippen molar-refractivity contribution in [2.24, 2.45) is 0 Å². The molecule has 0 aromatic heterocycles. The fraction of sp³-hybridized carbons (Fsp3) is 0.594. The minimum absolute atomic E-state index is 0.129. The predicted molar refractivity (Wildman–Crippen MR) is 146 cm³/mol. The van der Waals surface area contributed by atoms with Gasteiger partial charge in [-0.05, 0) is 60.4 Å². The quantitative estimate of drug-likeness (QED) is 0.188. The standard InChI is InChI=1S/C32H43F2NO/c1-4-6-7-8-9-21-32(35-3)22-19-28(20-23-32)26-13-11-25(12-14-26)27-15-17-29(18-16-27)36-24-31(34)30(33)10-5-2/h11-18,28,30-31H,4-10,19-24H2,1-2H3. The van der Waals surface area contributed by atoms with Crippen molar-refractivity contribution in [1.29, 1.82) is 0 Å². The molecule has 0 bridgehead atoms. The lowest BCUT2D eigenvalue weighted by Crippen LogP contribution is -2.30. The molecule has 1 aliphatic carbocycles. The molecule has 0 radical (unpaired) electrons. The van der Waals surface area contributed by atoms with Crippen LogP contribution in [0.4, 0.5) is 8.78 Å². The Hall–Kier alpha value is -2.41. The Bertz CT molecular complexity index is 926. The molecular weight excluding hydrogens is 452 g/mol. The summed E-state index contributed by atoms with van der Waals surface area (Å²) in [4.78, 5) is 4.13. The van der Waals surface area contributed by atoms with E-state index < -0.39 is 12.3 Å². The first-order chi connectivity index (χ1) is 17.5. The van der Waals surface area contributed by atoms with Gasteiger partial charge in [-0.2, -0.15) is 0 Å². The number of rotatable bonds is 14. The molecule has 0 spiro atoms. The average Bonchev–Trinajstić information content (AvgIpc) is 2.92. The maximum atomic E-state index is 13.8. The van der Waals surface area contributed by atoms with Gasteiger partial charge in [-0.25, -0.2) is 15.4 Å². The monoisotopic (exact) mass is 495 g/mol. The lowest BCUT2D eigenvalue weighted by Gasteiger charge is -2.31. The van der Waals surface area contributed by atoms with Gasteiger partial charge in [0, 0.05) is 19.3 Å². The van der Waals surface area contributed by atoms with Crippen LogP contribution in [0.15, 0.2) is 48.5 Å². The second-order valence-electron chi connectivity index (χ2n) is 10.6. The largest absolute Gasteiger partial charge is 0.490 e. The van der Waals surface area contributed by atoms with Gasteiger partial charge in [0.1, 0.15) is 18.5 Å². The third-order valence-corrected chi connectivity index (χ3v) is 7.84. The first-order valence-corrected chi connectivity index (χ1v) is 14.0. The third-order valence-electron chi connectivity index (χ3n) is 7.84. The number of hydrogen-bond donors (Lipinski definition) is 0. The Morgan fingerprint density at radius 3 is 2.06 bits per heavy atom. The van der Waals surface area contributed by atoms with Crippen LogP contribution in [0, 0.1) is 6.57 Å². The Kier molecular flexibility index (Phi) is 11.2. The minimum atomic E-state index is -1.59. The van der Waals surface area contributed by atoms with Crippen LogP contribution in [0.25, 0.3) is 16.0 Å². The van der Waals surface area contributed by atoms with Crippen LogP contribution in [0.2, 0.25) is 0 Å². The van der Waals surface area contributed by atoms with E-state index >= 15 is 0 Å². The summed E-state index contributed by atoms with van der Waals surface area (Å²) in [6.07, 6.45) is 9.37. The molecule has 1 aliphatic rings. The van der Waals surface area contributed by atoms with E-state index in [0.29, 0.717) is 18.1 Å². The first kappa shape index (κ1) is 28.2. The smallest absolute Gasteiger partial charge is 0.232 e. The second-order valence-corrected chi connectivity index (χ2v) is 10.6. The molecule has 2 nitrogen and oxygen atoms in total. The fourth-order valence-electron chi connectivity index (χ4n) is 5.39. The number of hydrogen-bond acceptors (Lipinski definition) is 1. The van der Waals surface area contributed by atoms with E-state index in [-0.39, 0.29) is 18.6 Å². The van der Waals surface area contributed by atoms with E-state index in [1.807, 2.05) is 31.2 Å². The van der Waals surface area contributed by atoms with Crippen molar-refractivity contribution in [3.8, 4) is 16.9 Å². The Labute approximate surface area is 217 Å². The zero-order valence-corrected chi connectivity index (χ0v) is 22.2. The highest BCUT2D eigenvalue weighted by Gasteiger charge is 2.40. The summed E-state index contributed by atoms with van der Waals surface area (Å²) >= 11 is 0. The summed E-state index contributed by atoms with van der Waals surface area (Å²) in [5, 5.41) is 0. The molecule has 196 valence electrons. The van der Waals surface area contributed by atoms with Crippen LogP contribution < -0.4 is 4.74 Å². The molecule has 2 aromatic carbocycles. The van der Waals surface area contributed by atoms with E-state index in [0.717, 1.165) is 43.2 Å². The molecule has 1 saturated carbocycles. The van der Waals surface area contributed by atoms with Crippen LogP contribution in [-0.2, 0) is 0 Å². The fourth-order valence-corrected chi connectivity index (χ4v) is 5.39. The molecule has 2 aromatic rings. The van der Waals surface area contributed by atoms with Gasteiger partial charge in [-0.15, -0.1) is 0 Å². The summed E-state index contributed by atoms with van der Waals surface area (Å²) in [6.45, 7) is 11.7. The maximum absolute atomic E-state index is 13.8. The number of nitrogens with zero attached hydrogens (tertiary/aromatic N) is 1. The number of halogens is 2. The van der Waals surface area contributed by atoms with E-state index in [2.05, 4.69) is 36.0 Å². The van der Waals surface area contributed by atoms with Gasteiger partial charge >= 0.3 is 0 Å². The van der Waals surface area contributed by atoms with E-state index in [1.165, 1.54) is 37.7 Å². The molecule has 2 unspecified atom stereocenters. The van der Waals surface area contributed by atoms with E-state index in [1.54, 1.807) is 0 Å². The van der Waals surface area contributed by atoms with Gasteiger partial charge in [0.15, 0.2) is 6.17 Å². The summed E-state index contributed by atoms with van der Waals surface area (Å²) in [5.74, 6) is 1.09. The molecule has 3 rings (SSSR count). The summed E-state index contributed by atoms with van der Waals surface area (Å²) in [7, 11) is 0. The highest BCUT2D eigenvalue weighted by molar-refractivity contribution is 5.64. The minimum Gasteiger partial charge on any atom is -0.490 e. The highest BCUT2D eigenvalue weighted by atomic mass is 19.2. The van der Waals surface area contributed by atoms with Crippen LogP contribution in [0.5, 0.6) is 5.75 Å². The van der Waals surface area contributed by atoms with Gasteiger partial charge in [-0.1, -0.05) is 82.3 Å². The van der Waals surface area contributed by atoms with Gasteiger partial charge in [0.25, 0.3) is 0 Å². The van der Waals surface area contributed by atoms with E-state index in [9.17, 15) is 8.78 Å². The molecule has 2 atom stereocenters. The van der Waals surface area contributed by atoms with Crippen molar-refractivity contribution in [3.05, 3.63) is 65.5 Å². The molecular formula is C32H43F2NO. The molecule has 4 heteroatoms. The van der Waals surface area contributed by atoms with Crippen LogP contribution in [-0.4, -0.2) is 24.5 Å². The lowest BCUT2D eigenvalue weighted by atomic mass is 9.72. The van der Waals surface area contributed by atoms with Crippen molar-refractivity contribution >= 4 is 0 Å². The number of ether oxygens (including phenoxy) is 1. The average molecular weight is 496 g/mol. The summed E-state index contributed by atoms with van der Waals surface area (Å²) < 4.78 is 32.9. The van der Waals surface area contributed by atoms with Crippen LogP contribution in [0.3, 0.4) is 0 Å². The topological polar surface area (TPSA) is 13.6 Å². The molecule has 0 saturated heterocycles. The zero-order chi connectivity index (χ0) is 25.8. The molecule has 0 N–H and O–H groups in total. The van der Waals surface area contributed by atoms with Gasteiger partial charge < -0.3 is 9.58 Å². The maximum Gasteiger partial charge on any atom is 0.232 e. The Morgan fingerprint density at radius 1 is 0.861 bits per heavy atom. The normalized spacial score (nSPS) is 21.5. The van der Waals surface area contributed by atoms with E-state index in [4.69, 9.17) is 11.3 Å². The molecule has 0 amide bonds. The van der Waals surface area contributed by atoms with Crippen molar-refractivity contribution in [2.75, 3.05) is 6.61 Å². The number of benzene rings is 2. The number of unbranched alkanes of at least 4 members (excludes halogenated alkanes) is 4. The summed E-state index contributed by atoms with van der Waals surface area (Å²) in [5.41, 5.74) is 3.43. The number of alkyl halides is 2. The predicted octanol–water partition coefficient (Wildman–Crippen LogP) is 9.88. The molecule has 0 aliphatic heterocycles. The van der Waals surface area contributed by atoms with Crippen LogP contribution in [0.1, 0.15) is 102 Å². The molecule has 1 fully saturated rings. The van der Waals surface area contributed by atoms with Crippen molar-refractivity contribution in [2.45, 2.75) is 115 Å². The van der Waals surface area contributed by atoms with Crippen LogP contribution >= 0.6 is 0 Å².